The molecule has 1 atom stereocenters. The first-order valence-electron chi connectivity index (χ1n) is 12.2. The summed E-state index contributed by atoms with van der Waals surface area (Å²) in [5.41, 5.74) is 0.966. The summed E-state index contributed by atoms with van der Waals surface area (Å²) in [5, 5.41) is 3.62. The third-order valence-electron chi connectivity index (χ3n) is 6.61. The Morgan fingerprint density at radius 1 is 1.06 bits per heavy atom. The molecule has 2 rings (SSSR count). The molecule has 35 heavy (non-hydrogen) atoms. The number of sulfonamides is 1. The lowest BCUT2D eigenvalue weighted by atomic mass is 9.90. The van der Waals surface area contributed by atoms with Gasteiger partial charge in [0.1, 0.15) is 0 Å². The molecule has 1 aliphatic rings. The maximum absolute atomic E-state index is 12.5. The number of hydrogen-bond acceptors (Lipinski definition) is 7. The van der Waals surface area contributed by atoms with Gasteiger partial charge in [-0.2, -0.15) is 4.31 Å². The van der Waals surface area contributed by atoms with E-state index in [1.807, 2.05) is 31.1 Å². The molecule has 1 aliphatic heterocycles. The molecule has 1 unspecified atom stereocenters. The predicted octanol–water partition coefficient (Wildman–Crippen LogP) is 1.21. The van der Waals surface area contributed by atoms with E-state index in [-0.39, 0.29) is 23.7 Å². The number of hydrogen-bond donors (Lipinski definition) is 1. The van der Waals surface area contributed by atoms with E-state index in [0.29, 0.717) is 31.1 Å². The molecule has 1 saturated heterocycles. The lowest BCUT2D eigenvalue weighted by Gasteiger charge is -2.34. The third kappa shape index (κ3) is 9.45. The highest BCUT2D eigenvalue weighted by Gasteiger charge is 2.31. The monoisotopic (exact) mass is 530 g/mol. The smallest absolute Gasteiger partial charge is 0.237 e. The average molecular weight is 531 g/mol. The van der Waals surface area contributed by atoms with Crippen molar-refractivity contribution in [3.05, 3.63) is 29.8 Å². The van der Waals surface area contributed by atoms with Crippen LogP contribution in [0.25, 0.3) is 0 Å². The summed E-state index contributed by atoms with van der Waals surface area (Å²) in [6.45, 7) is 6.88. The molecule has 9 nitrogen and oxygen atoms in total. The van der Waals surface area contributed by atoms with Gasteiger partial charge in [0.25, 0.3) is 0 Å². The van der Waals surface area contributed by atoms with E-state index in [9.17, 15) is 21.6 Å². The molecule has 1 fully saturated rings. The normalized spacial score (nSPS) is 17.7. The van der Waals surface area contributed by atoms with E-state index < -0.39 is 19.9 Å². The van der Waals surface area contributed by atoms with Crippen LogP contribution in [0.1, 0.15) is 38.7 Å². The Hall–Kier alpha value is -1.53. The van der Waals surface area contributed by atoms with Gasteiger partial charge in [0.2, 0.25) is 15.9 Å². The lowest BCUT2D eigenvalue weighted by Crippen LogP contribution is -2.53. The van der Waals surface area contributed by atoms with Crippen LogP contribution in [-0.4, -0.2) is 108 Å². The Morgan fingerprint density at radius 2 is 1.71 bits per heavy atom. The lowest BCUT2D eigenvalue weighted by molar-refractivity contribution is -0.134. The fourth-order valence-electron chi connectivity index (χ4n) is 4.02. The van der Waals surface area contributed by atoms with Gasteiger partial charge in [-0.3, -0.25) is 4.79 Å². The number of piperazine rings is 1. The molecular formula is C24H42N4O5S2. The van der Waals surface area contributed by atoms with Crippen LogP contribution in [0.2, 0.25) is 0 Å². The standard InChI is InChI=1S/C24H42N4O5S2/c1-6-24(2,19-21-9-11-22(12-10-21)34(5,30)31)25-13-7-8-14-27-15-16-28(20-23(27)29)35(32,33)18-17-26(3)4/h9-12,25H,6-8,13-20H2,1-5H3. The number of sulfone groups is 1. The Kier molecular flexibility index (Phi) is 10.7. The average Bonchev–Trinajstić information content (AvgIpc) is 2.78. The molecule has 200 valence electrons. The van der Waals surface area contributed by atoms with Gasteiger partial charge in [0, 0.05) is 38.0 Å². The van der Waals surface area contributed by atoms with Gasteiger partial charge in [0.15, 0.2) is 9.84 Å². The van der Waals surface area contributed by atoms with Crippen molar-refractivity contribution in [3.8, 4) is 0 Å². The number of carbonyl (C=O) groups is 1. The van der Waals surface area contributed by atoms with Crippen molar-refractivity contribution in [1.82, 2.24) is 19.4 Å². The summed E-state index contributed by atoms with van der Waals surface area (Å²) < 4.78 is 49.5. The van der Waals surface area contributed by atoms with E-state index in [0.717, 1.165) is 37.8 Å². The molecule has 0 aromatic heterocycles. The summed E-state index contributed by atoms with van der Waals surface area (Å²) in [4.78, 5) is 16.4. The summed E-state index contributed by atoms with van der Waals surface area (Å²) in [7, 11) is -2.96. The molecule has 1 heterocycles. The van der Waals surface area contributed by atoms with E-state index in [1.165, 1.54) is 10.6 Å². The second-order valence-electron chi connectivity index (χ2n) is 9.97. The van der Waals surface area contributed by atoms with Crippen molar-refractivity contribution in [2.24, 2.45) is 0 Å². The molecule has 1 amide bonds. The molecule has 1 aromatic carbocycles. The quantitative estimate of drug-likeness (QED) is 0.360. The Morgan fingerprint density at radius 3 is 2.26 bits per heavy atom. The highest BCUT2D eigenvalue weighted by atomic mass is 32.2. The van der Waals surface area contributed by atoms with E-state index in [2.05, 4.69) is 19.2 Å². The van der Waals surface area contributed by atoms with Gasteiger partial charge in [-0.05, 0) is 70.9 Å². The van der Waals surface area contributed by atoms with Crippen LogP contribution in [0, 0.1) is 0 Å². The topological polar surface area (TPSA) is 107 Å². The van der Waals surface area contributed by atoms with Crippen molar-refractivity contribution in [3.63, 3.8) is 0 Å². The number of nitrogens with zero attached hydrogens (tertiary/aromatic N) is 3. The van der Waals surface area contributed by atoms with Crippen LogP contribution >= 0.6 is 0 Å². The number of unbranched alkanes of at least 4 members (excludes halogenated alkanes) is 1. The minimum Gasteiger partial charge on any atom is -0.340 e. The first-order chi connectivity index (χ1) is 16.3. The van der Waals surface area contributed by atoms with Gasteiger partial charge < -0.3 is 15.1 Å². The Balaban J connectivity index is 1.75. The maximum atomic E-state index is 12.5. The van der Waals surface area contributed by atoms with Crippen LogP contribution < -0.4 is 5.32 Å². The molecular weight excluding hydrogens is 488 g/mol. The molecule has 0 bridgehead atoms. The second kappa shape index (κ2) is 12.6. The van der Waals surface area contributed by atoms with E-state index in [1.54, 1.807) is 17.0 Å². The number of carbonyl (C=O) groups excluding carboxylic acids is 1. The van der Waals surface area contributed by atoms with Gasteiger partial charge >= 0.3 is 0 Å². The summed E-state index contributed by atoms with van der Waals surface area (Å²) in [5.74, 6) is -0.106. The Labute approximate surface area is 211 Å². The Bertz CT molecular complexity index is 1040. The number of benzene rings is 1. The first-order valence-corrected chi connectivity index (χ1v) is 15.7. The third-order valence-corrected chi connectivity index (χ3v) is 9.53. The van der Waals surface area contributed by atoms with Crippen LogP contribution in [0.5, 0.6) is 0 Å². The van der Waals surface area contributed by atoms with Gasteiger partial charge in [-0.1, -0.05) is 19.1 Å². The highest BCUT2D eigenvalue weighted by molar-refractivity contribution is 7.90. The molecule has 0 spiro atoms. The van der Waals surface area contributed by atoms with Crippen molar-refractivity contribution < 1.29 is 21.6 Å². The number of nitrogens with one attached hydrogen (secondary N) is 1. The van der Waals surface area contributed by atoms with Crippen LogP contribution in [0.4, 0.5) is 0 Å². The minimum atomic E-state index is -3.41. The first kappa shape index (κ1) is 29.7. The van der Waals surface area contributed by atoms with Crippen molar-refractivity contribution in [2.75, 3.05) is 65.4 Å². The molecule has 1 N–H and O–H groups in total. The number of rotatable bonds is 14. The highest BCUT2D eigenvalue weighted by Crippen LogP contribution is 2.19. The van der Waals surface area contributed by atoms with Gasteiger partial charge in [-0.15, -0.1) is 0 Å². The fraction of sp³-hybridized carbons (Fsp3) is 0.708. The SMILES string of the molecule is CCC(C)(Cc1ccc(S(C)(=O)=O)cc1)NCCCCN1CCN(S(=O)(=O)CCN(C)C)CC1=O. The summed E-state index contributed by atoms with van der Waals surface area (Å²) in [6.07, 6.45) is 4.66. The summed E-state index contributed by atoms with van der Waals surface area (Å²) in [6, 6.07) is 7.06. The van der Waals surface area contributed by atoms with Crippen LogP contribution in [0.15, 0.2) is 29.2 Å². The van der Waals surface area contributed by atoms with Crippen molar-refractivity contribution in [2.45, 2.75) is 50.0 Å². The van der Waals surface area contributed by atoms with E-state index >= 15 is 0 Å². The van der Waals surface area contributed by atoms with Crippen molar-refractivity contribution in [1.29, 1.82) is 0 Å². The van der Waals surface area contributed by atoms with Gasteiger partial charge in [-0.25, -0.2) is 16.8 Å². The van der Waals surface area contributed by atoms with Crippen LogP contribution in [-0.2, 0) is 31.1 Å². The summed E-state index contributed by atoms with van der Waals surface area (Å²) >= 11 is 0. The van der Waals surface area contributed by atoms with Gasteiger partial charge in [0.05, 0.1) is 17.2 Å². The number of amides is 1. The second-order valence-corrected chi connectivity index (χ2v) is 14.1. The maximum Gasteiger partial charge on any atom is 0.237 e. The largest absolute Gasteiger partial charge is 0.340 e. The zero-order chi connectivity index (χ0) is 26.3. The molecule has 1 aromatic rings. The predicted molar refractivity (Wildman–Crippen MR) is 140 cm³/mol. The molecule has 0 saturated carbocycles. The zero-order valence-corrected chi connectivity index (χ0v) is 23.4. The molecule has 11 heteroatoms. The molecule has 0 radical (unpaired) electrons. The van der Waals surface area contributed by atoms with Crippen LogP contribution in [0.3, 0.4) is 0 Å². The fourth-order valence-corrected chi connectivity index (χ4v) is 6.17. The zero-order valence-electron chi connectivity index (χ0n) is 21.8. The minimum absolute atomic E-state index is 0.0248. The molecule has 0 aliphatic carbocycles. The van der Waals surface area contributed by atoms with E-state index in [4.69, 9.17) is 0 Å². The van der Waals surface area contributed by atoms with Crippen molar-refractivity contribution >= 4 is 25.8 Å².